The van der Waals surface area contributed by atoms with Crippen LogP contribution < -0.4 is 5.32 Å². The second-order valence-electron chi connectivity index (χ2n) is 6.30. The Bertz CT molecular complexity index is 447. The van der Waals surface area contributed by atoms with Crippen molar-refractivity contribution in [2.24, 2.45) is 5.92 Å². The Morgan fingerprint density at radius 2 is 1.86 bits per heavy atom. The molecule has 0 radical (unpaired) electrons. The zero-order valence-electron chi connectivity index (χ0n) is 13.6. The van der Waals surface area contributed by atoms with Gasteiger partial charge in [0, 0.05) is 12.5 Å². The summed E-state index contributed by atoms with van der Waals surface area (Å²) in [5.41, 5.74) is 2.62. The Morgan fingerprint density at radius 3 is 2.38 bits per heavy atom. The average molecular weight is 288 g/mol. The van der Waals surface area contributed by atoms with E-state index < -0.39 is 0 Å². The van der Waals surface area contributed by atoms with Gasteiger partial charge in [0.05, 0.1) is 6.04 Å². The molecule has 1 N–H and O–H groups in total. The number of aryl methyl sites for hydroxylation is 1. The van der Waals surface area contributed by atoms with Crippen LogP contribution in [0.3, 0.4) is 0 Å². The van der Waals surface area contributed by atoms with Crippen LogP contribution in [0, 0.1) is 5.92 Å². The first-order valence-electron chi connectivity index (χ1n) is 8.14. The minimum Gasteiger partial charge on any atom is -0.354 e. The molecule has 1 unspecified atom stereocenters. The van der Waals surface area contributed by atoms with Crippen molar-refractivity contribution in [1.29, 1.82) is 0 Å². The molecule has 3 heteroatoms. The number of hydrogen-bond acceptors (Lipinski definition) is 2. The highest BCUT2D eigenvalue weighted by Crippen LogP contribution is 2.25. The summed E-state index contributed by atoms with van der Waals surface area (Å²) in [5.74, 6) is 0.486. The maximum absolute atomic E-state index is 12.2. The van der Waals surface area contributed by atoms with Crippen molar-refractivity contribution in [3.05, 3.63) is 35.4 Å². The Labute approximate surface area is 128 Å². The van der Waals surface area contributed by atoms with Crippen molar-refractivity contribution in [2.45, 2.75) is 45.1 Å². The van der Waals surface area contributed by atoms with E-state index in [0.717, 1.165) is 19.3 Å². The zero-order valence-corrected chi connectivity index (χ0v) is 13.6. The number of carbonyl (C=O) groups excluding carboxylic acids is 1. The van der Waals surface area contributed by atoms with Gasteiger partial charge in [0.1, 0.15) is 0 Å². The van der Waals surface area contributed by atoms with E-state index in [2.05, 4.69) is 55.5 Å². The van der Waals surface area contributed by atoms with Crippen LogP contribution in [0.5, 0.6) is 0 Å². The number of rotatable bonds is 6. The lowest BCUT2D eigenvalue weighted by atomic mass is 10.0. The highest BCUT2D eigenvalue weighted by Gasteiger charge is 2.23. The number of likely N-dealkylation sites (N-methyl/N-ethyl adjacent to an activating group) is 1. The lowest BCUT2D eigenvalue weighted by Gasteiger charge is -2.26. The van der Waals surface area contributed by atoms with Crippen LogP contribution >= 0.6 is 0 Å². The minimum absolute atomic E-state index is 0.237. The fraction of sp³-hybridized carbons (Fsp3) is 0.611. The number of nitrogens with zero attached hydrogens (tertiary/aromatic N) is 1. The van der Waals surface area contributed by atoms with E-state index in [-0.39, 0.29) is 17.9 Å². The predicted molar refractivity (Wildman–Crippen MR) is 87.2 cm³/mol. The van der Waals surface area contributed by atoms with Gasteiger partial charge in [0.25, 0.3) is 0 Å². The third-order valence-electron chi connectivity index (χ3n) is 4.59. The minimum atomic E-state index is 0.237. The SMILES string of the molecule is CCc1ccc(C(CNC(=O)C2CCCC2)N(C)C)cc1. The third kappa shape index (κ3) is 4.31. The van der Waals surface area contributed by atoms with E-state index in [1.54, 1.807) is 0 Å². The van der Waals surface area contributed by atoms with E-state index in [1.807, 2.05) is 0 Å². The van der Waals surface area contributed by atoms with E-state index in [9.17, 15) is 4.79 Å². The molecule has 1 aliphatic carbocycles. The van der Waals surface area contributed by atoms with Crippen LogP contribution in [0.15, 0.2) is 24.3 Å². The fourth-order valence-electron chi connectivity index (χ4n) is 3.10. The van der Waals surface area contributed by atoms with Gasteiger partial charge in [-0.3, -0.25) is 4.79 Å². The highest BCUT2D eigenvalue weighted by molar-refractivity contribution is 5.78. The van der Waals surface area contributed by atoms with E-state index in [1.165, 1.54) is 24.0 Å². The number of carbonyl (C=O) groups is 1. The molecule has 1 amide bonds. The monoisotopic (exact) mass is 288 g/mol. The molecule has 0 saturated heterocycles. The summed E-state index contributed by atoms with van der Waals surface area (Å²) >= 11 is 0. The Hall–Kier alpha value is -1.35. The molecular formula is C18H28N2O. The van der Waals surface area contributed by atoms with Gasteiger partial charge in [0.2, 0.25) is 5.91 Å². The molecule has 1 aliphatic rings. The van der Waals surface area contributed by atoms with Gasteiger partial charge < -0.3 is 10.2 Å². The molecule has 1 aromatic carbocycles. The van der Waals surface area contributed by atoms with Gasteiger partial charge in [-0.1, -0.05) is 44.0 Å². The van der Waals surface area contributed by atoms with Crippen molar-refractivity contribution in [1.82, 2.24) is 10.2 Å². The van der Waals surface area contributed by atoms with Gasteiger partial charge in [-0.15, -0.1) is 0 Å². The normalized spacial score (nSPS) is 17.1. The summed E-state index contributed by atoms with van der Waals surface area (Å²) in [6.07, 6.45) is 5.58. The Kier molecular flexibility index (Phi) is 5.80. The van der Waals surface area contributed by atoms with Crippen molar-refractivity contribution >= 4 is 5.91 Å². The van der Waals surface area contributed by atoms with Crippen LogP contribution in [0.1, 0.15) is 49.8 Å². The summed E-state index contributed by atoms with van der Waals surface area (Å²) < 4.78 is 0. The molecule has 1 fully saturated rings. The summed E-state index contributed by atoms with van der Waals surface area (Å²) in [5, 5.41) is 3.15. The molecule has 0 aliphatic heterocycles. The molecule has 1 saturated carbocycles. The van der Waals surface area contributed by atoms with E-state index >= 15 is 0 Å². The van der Waals surface area contributed by atoms with Crippen molar-refractivity contribution < 1.29 is 4.79 Å². The van der Waals surface area contributed by atoms with Crippen molar-refractivity contribution in [2.75, 3.05) is 20.6 Å². The second-order valence-corrected chi connectivity index (χ2v) is 6.30. The maximum Gasteiger partial charge on any atom is 0.223 e. The quantitative estimate of drug-likeness (QED) is 0.872. The van der Waals surface area contributed by atoms with Gasteiger partial charge in [-0.2, -0.15) is 0 Å². The lowest BCUT2D eigenvalue weighted by molar-refractivity contribution is -0.125. The molecule has 0 spiro atoms. The largest absolute Gasteiger partial charge is 0.354 e. The van der Waals surface area contributed by atoms with Gasteiger partial charge in [0.15, 0.2) is 0 Å². The highest BCUT2D eigenvalue weighted by atomic mass is 16.1. The number of amides is 1. The number of benzene rings is 1. The lowest BCUT2D eigenvalue weighted by Crippen LogP contribution is -2.37. The molecule has 21 heavy (non-hydrogen) atoms. The molecular weight excluding hydrogens is 260 g/mol. The van der Waals surface area contributed by atoms with E-state index in [4.69, 9.17) is 0 Å². The number of hydrogen-bond donors (Lipinski definition) is 1. The van der Waals surface area contributed by atoms with Crippen molar-refractivity contribution in [3.8, 4) is 0 Å². The first-order chi connectivity index (χ1) is 10.1. The van der Waals surface area contributed by atoms with Crippen LogP contribution in [-0.2, 0) is 11.2 Å². The molecule has 3 nitrogen and oxygen atoms in total. The molecule has 1 atom stereocenters. The fourth-order valence-corrected chi connectivity index (χ4v) is 3.10. The average Bonchev–Trinajstić information content (AvgIpc) is 3.02. The topological polar surface area (TPSA) is 32.3 Å². The molecule has 1 aromatic rings. The van der Waals surface area contributed by atoms with Crippen LogP contribution in [0.25, 0.3) is 0 Å². The van der Waals surface area contributed by atoms with Crippen molar-refractivity contribution in [3.63, 3.8) is 0 Å². The van der Waals surface area contributed by atoms with Crippen LogP contribution in [0.2, 0.25) is 0 Å². The maximum atomic E-state index is 12.2. The second kappa shape index (κ2) is 7.60. The molecule has 116 valence electrons. The van der Waals surface area contributed by atoms with Gasteiger partial charge in [-0.05, 0) is 44.5 Å². The van der Waals surface area contributed by atoms with Gasteiger partial charge in [-0.25, -0.2) is 0 Å². The standard InChI is InChI=1S/C18H28N2O/c1-4-14-9-11-15(12-10-14)17(20(2)3)13-19-18(21)16-7-5-6-8-16/h9-12,16-17H,4-8,13H2,1-3H3,(H,19,21). The Morgan fingerprint density at radius 1 is 1.24 bits per heavy atom. The smallest absolute Gasteiger partial charge is 0.223 e. The first kappa shape index (κ1) is 16.0. The van der Waals surface area contributed by atoms with Gasteiger partial charge >= 0.3 is 0 Å². The van der Waals surface area contributed by atoms with Crippen LogP contribution in [0.4, 0.5) is 0 Å². The molecule has 0 aromatic heterocycles. The predicted octanol–water partition coefficient (Wildman–Crippen LogP) is 3.16. The van der Waals surface area contributed by atoms with E-state index in [0.29, 0.717) is 6.54 Å². The molecule has 0 bridgehead atoms. The first-order valence-corrected chi connectivity index (χ1v) is 8.14. The molecule has 2 rings (SSSR count). The summed E-state index contributed by atoms with van der Waals surface area (Å²) in [6, 6.07) is 8.98. The third-order valence-corrected chi connectivity index (χ3v) is 4.59. The number of nitrogens with one attached hydrogen (secondary N) is 1. The summed E-state index contributed by atoms with van der Waals surface area (Å²) in [4.78, 5) is 14.4. The summed E-state index contributed by atoms with van der Waals surface area (Å²) in [7, 11) is 4.14. The Balaban J connectivity index is 1.96. The summed E-state index contributed by atoms with van der Waals surface area (Å²) in [6.45, 7) is 2.86. The van der Waals surface area contributed by atoms with Crippen LogP contribution in [-0.4, -0.2) is 31.4 Å². The molecule has 0 heterocycles. The zero-order chi connectivity index (χ0) is 15.2.